The maximum absolute atomic E-state index is 2.33. The molecular formula is C21H40. The Balaban J connectivity index is 0. The van der Waals surface area contributed by atoms with Crippen LogP contribution in [-0.2, 0) is 12.8 Å². The summed E-state index contributed by atoms with van der Waals surface area (Å²) in [5, 5.41) is 0. The van der Waals surface area contributed by atoms with Crippen molar-refractivity contribution in [2.24, 2.45) is 0 Å². The molecule has 0 aromatic heterocycles. The molecule has 0 saturated carbocycles. The second-order valence-corrected chi connectivity index (χ2v) is 5.39. The molecule has 0 aliphatic carbocycles. The number of benzene rings is 1. The molecule has 0 atom stereocenters. The van der Waals surface area contributed by atoms with Crippen LogP contribution in [0.15, 0.2) is 24.3 Å². The molecule has 0 heteroatoms. The molecular weight excluding hydrogens is 252 g/mol. The largest absolute Gasteiger partial charge is 0.0776 e. The molecule has 0 nitrogen and oxygen atoms in total. The number of aryl methyl sites for hydroxylation is 2. The van der Waals surface area contributed by atoms with E-state index in [-0.39, 0.29) is 7.43 Å². The standard InChI is InChI=1S/C18H30.C2H6.CH4/c1-3-5-7-9-13-17-15-11-12-16-18(17)14-10-8-6-4-2;1-2;/h11-12,15-16H,3-10,13-14H2,1-2H3;1-2H3;1H4. The van der Waals surface area contributed by atoms with E-state index in [1.165, 1.54) is 64.2 Å². The first kappa shape index (κ1) is 22.5. The minimum Gasteiger partial charge on any atom is -0.0776 e. The number of hydrogen-bond donors (Lipinski definition) is 0. The number of hydrogen-bond acceptors (Lipinski definition) is 0. The quantitative estimate of drug-likeness (QED) is 0.389. The van der Waals surface area contributed by atoms with E-state index in [4.69, 9.17) is 0 Å². The Morgan fingerprint density at radius 3 is 1.33 bits per heavy atom. The van der Waals surface area contributed by atoms with E-state index in [1.54, 1.807) is 11.1 Å². The zero-order valence-corrected chi connectivity index (χ0v) is 14.4. The summed E-state index contributed by atoms with van der Waals surface area (Å²) in [6.45, 7) is 8.56. The first-order valence-electron chi connectivity index (χ1n) is 8.95. The van der Waals surface area contributed by atoms with E-state index >= 15 is 0 Å². The van der Waals surface area contributed by atoms with Crippen LogP contribution in [0.1, 0.15) is 97.6 Å². The summed E-state index contributed by atoms with van der Waals surface area (Å²) in [5.41, 5.74) is 3.20. The Labute approximate surface area is 135 Å². The van der Waals surface area contributed by atoms with Crippen LogP contribution in [0.25, 0.3) is 0 Å². The van der Waals surface area contributed by atoms with Crippen LogP contribution in [0.3, 0.4) is 0 Å². The second kappa shape index (κ2) is 17.3. The second-order valence-electron chi connectivity index (χ2n) is 5.39. The van der Waals surface area contributed by atoms with Gasteiger partial charge in [0.05, 0.1) is 0 Å². The molecule has 0 amide bonds. The molecule has 0 aliphatic heterocycles. The van der Waals surface area contributed by atoms with Gasteiger partial charge < -0.3 is 0 Å². The molecule has 0 bridgehead atoms. The van der Waals surface area contributed by atoms with Gasteiger partial charge in [-0.15, -0.1) is 0 Å². The Bertz CT molecular complexity index is 270. The molecule has 124 valence electrons. The van der Waals surface area contributed by atoms with Gasteiger partial charge in [0.2, 0.25) is 0 Å². The van der Waals surface area contributed by atoms with Crippen LogP contribution in [0, 0.1) is 0 Å². The third-order valence-electron chi connectivity index (χ3n) is 3.72. The molecule has 0 heterocycles. The summed E-state index contributed by atoms with van der Waals surface area (Å²) < 4.78 is 0. The fraction of sp³-hybridized carbons (Fsp3) is 0.714. The van der Waals surface area contributed by atoms with Gasteiger partial charge in [-0.1, -0.05) is 97.9 Å². The normalized spacial score (nSPS) is 9.52. The van der Waals surface area contributed by atoms with Crippen LogP contribution in [-0.4, -0.2) is 0 Å². The summed E-state index contributed by atoms with van der Waals surface area (Å²) in [5.74, 6) is 0. The van der Waals surface area contributed by atoms with Gasteiger partial charge in [0.1, 0.15) is 0 Å². The van der Waals surface area contributed by atoms with Crippen molar-refractivity contribution in [1.29, 1.82) is 0 Å². The molecule has 0 fully saturated rings. The first-order valence-corrected chi connectivity index (χ1v) is 8.95. The number of rotatable bonds is 10. The van der Waals surface area contributed by atoms with Crippen LogP contribution in [0.2, 0.25) is 0 Å². The van der Waals surface area contributed by atoms with Crippen molar-refractivity contribution < 1.29 is 0 Å². The van der Waals surface area contributed by atoms with Crippen molar-refractivity contribution in [3.05, 3.63) is 35.4 Å². The predicted octanol–water partition coefficient (Wildman–Crippen LogP) is 7.59. The van der Waals surface area contributed by atoms with Crippen LogP contribution in [0.4, 0.5) is 0 Å². The van der Waals surface area contributed by atoms with Crippen molar-refractivity contribution in [2.75, 3.05) is 0 Å². The van der Waals surface area contributed by atoms with Crippen LogP contribution in [0.5, 0.6) is 0 Å². The van der Waals surface area contributed by atoms with Gasteiger partial charge in [-0.25, -0.2) is 0 Å². The lowest BCUT2D eigenvalue weighted by molar-refractivity contribution is 0.650. The van der Waals surface area contributed by atoms with Gasteiger partial charge in [0, 0.05) is 0 Å². The van der Waals surface area contributed by atoms with Gasteiger partial charge in [-0.2, -0.15) is 0 Å². The molecule has 0 N–H and O–H groups in total. The summed E-state index contributed by atoms with van der Waals surface area (Å²) in [4.78, 5) is 0. The van der Waals surface area contributed by atoms with Gasteiger partial charge in [0.25, 0.3) is 0 Å². The molecule has 21 heavy (non-hydrogen) atoms. The fourth-order valence-electron chi connectivity index (χ4n) is 2.53. The van der Waals surface area contributed by atoms with E-state index in [9.17, 15) is 0 Å². The predicted molar refractivity (Wildman–Crippen MR) is 100 cm³/mol. The highest BCUT2D eigenvalue weighted by Crippen LogP contribution is 2.16. The maximum Gasteiger partial charge on any atom is -0.0276 e. The van der Waals surface area contributed by atoms with E-state index < -0.39 is 0 Å². The lowest BCUT2D eigenvalue weighted by Crippen LogP contribution is -1.95. The molecule has 0 radical (unpaired) electrons. The molecule has 1 aromatic rings. The topological polar surface area (TPSA) is 0 Å². The van der Waals surface area contributed by atoms with Crippen LogP contribution >= 0.6 is 0 Å². The highest BCUT2D eigenvalue weighted by molar-refractivity contribution is 5.27. The van der Waals surface area contributed by atoms with Crippen molar-refractivity contribution in [2.45, 2.75) is 99.3 Å². The smallest absolute Gasteiger partial charge is 0.0276 e. The minimum absolute atomic E-state index is 0. The Morgan fingerprint density at radius 2 is 1.00 bits per heavy atom. The van der Waals surface area contributed by atoms with Gasteiger partial charge >= 0.3 is 0 Å². The van der Waals surface area contributed by atoms with E-state index in [0.29, 0.717) is 0 Å². The lowest BCUT2D eigenvalue weighted by atomic mass is 9.97. The monoisotopic (exact) mass is 292 g/mol. The minimum atomic E-state index is 0. The lowest BCUT2D eigenvalue weighted by Gasteiger charge is -2.09. The van der Waals surface area contributed by atoms with E-state index in [2.05, 4.69) is 38.1 Å². The average molecular weight is 293 g/mol. The summed E-state index contributed by atoms with van der Waals surface area (Å²) >= 11 is 0. The summed E-state index contributed by atoms with van der Waals surface area (Å²) in [6.07, 6.45) is 13.5. The number of unbranched alkanes of at least 4 members (excludes halogenated alkanes) is 6. The third kappa shape index (κ3) is 11.5. The zero-order chi connectivity index (χ0) is 15.1. The van der Waals surface area contributed by atoms with Gasteiger partial charge in [-0.05, 0) is 36.8 Å². The van der Waals surface area contributed by atoms with E-state index in [0.717, 1.165) is 0 Å². The molecule has 1 aromatic carbocycles. The van der Waals surface area contributed by atoms with Crippen LogP contribution < -0.4 is 0 Å². The molecule has 0 spiro atoms. The molecule has 0 saturated heterocycles. The first-order chi connectivity index (χ1) is 9.88. The molecule has 0 unspecified atom stereocenters. The Morgan fingerprint density at radius 1 is 0.619 bits per heavy atom. The Hall–Kier alpha value is -0.780. The molecule has 1 rings (SSSR count). The van der Waals surface area contributed by atoms with Gasteiger partial charge in [-0.3, -0.25) is 0 Å². The summed E-state index contributed by atoms with van der Waals surface area (Å²) in [7, 11) is 0. The van der Waals surface area contributed by atoms with Gasteiger partial charge in [0.15, 0.2) is 0 Å². The van der Waals surface area contributed by atoms with E-state index in [1.807, 2.05) is 13.8 Å². The maximum atomic E-state index is 2.33. The van der Waals surface area contributed by atoms with Crippen molar-refractivity contribution in [1.82, 2.24) is 0 Å². The third-order valence-corrected chi connectivity index (χ3v) is 3.72. The zero-order valence-electron chi connectivity index (χ0n) is 14.4. The highest BCUT2D eigenvalue weighted by atomic mass is 14.1. The summed E-state index contributed by atoms with van der Waals surface area (Å²) in [6, 6.07) is 9.07. The fourth-order valence-corrected chi connectivity index (χ4v) is 2.53. The Kier molecular flexibility index (Phi) is 18.5. The average Bonchev–Trinajstić information content (AvgIpc) is 2.51. The van der Waals surface area contributed by atoms with Crippen molar-refractivity contribution in [3.63, 3.8) is 0 Å². The SMILES string of the molecule is C.CC.CCCCCCc1ccccc1CCCCCC. The van der Waals surface area contributed by atoms with Crippen molar-refractivity contribution in [3.8, 4) is 0 Å². The highest BCUT2D eigenvalue weighted by Gasteiger charge is 2.01. The van der Waals surface area contributed by atoms with Crippen molar-refractivity contribution >= 4 is 0 Å². The molecule has 0 aliphatic rings.